The number of nitrogens with zero attached hydrogens (tertiary/aromatic N) is 1. The molecule has 0 radical (unpaired) electrons. The third kappa shape index (κ3) is 4.59. The van der Waals surface area contributed by atoms with Crippen molar-refractivity contribution in [2.24, 2.45) is 5.10 Å². The quantitative estimate of drug-likeness (QED) is 0.654. The second-order valence-corrected chi connectivity index (χ2v) is 5.73. The SMILES string of the molecule is C/C(=N/NC(=O)C(C)Oc1ccc(C)c(C)c1)c1cccc(O)c1. The smallest absolute Gasteiger partial charge is 0.280 e. The van der Waals surface area contributed by atoms with Crippen LogP contribution in [0.5, 0.6) is 11.5 Å². The Balaban J connectivity index is 1.98. The highest BCUT2D eigenvalue weighted by Gasteiger charge is 2.14. The molecule has 24 heavy (non-hydrogen) atoms. The number of benzene rings is 2. The summed E-state index contributed by atoms with van der Waals surface area (Å²) in [6.07, 6.45) is -0.673. The third-order valence-electron chi connectivity index (χ3n) is 3.76. The molecular formula is C19H22N2O3. The maximum absolute atomic E-state index is 12.1. The number of ether oxygens (including phenoxy) is 1. The molecule has 1 unspecified atom stereocenters. The Morgan fingerprint density at radius 3 is 2.58 bits per heavy atom. The highest BCUT2D eigenvalue weighted by Crippen LogP contribution is 2.17. The highest BCUT2D eigenvalue weighted by molar-refractivity contribution is 5.99. The van der Waals surface area contributed by atoms with Crippen LogP contribution in [0.4, 0.5) is 0 Å². The van der Waals surface area contributed by atoms with Crippen molar-refractivity contribution in [1.29, 1.82) is 0 Å². The molecule has 0 aliphatic carbocycles. The summed E-state index contributed by atoms with van der Waals surface area (Å²) >= 11 is 0. The number of aromatic hydroxyl groups is 1. The molecule has 0 heterocycles. The molecule has 0 fully saturated rings. The van der Waals surface area contributed by atoms with Gasteiger partial charge in [0.1, 0.15) is 11.5 Å². The lowest BCUT2D eigenvalue weighted by atomic mass is 10.1. The summed E-state index contributed by atoms with van der Waals surface area (Å²) in [7, 11) is 0. The fourth-order valence-corrected chi connectivity index (χ4v) is 2.07. The predicted octanol–water partition coefficient (Wildman–Crippen LogP) is 3.32. The van der Waals surface area contributed by atoms with Gasteiger partial charge in [-0.05, 0) is 63.1 Å². The molecular weight excluding hydrogens is 304 g/mol. The molecule has 0 aromatic heterocycles. The monoisotopic (exact) mass is 326 g/mol. The van der Waals surface area contributed by atoms with E-state index in [0.29, 0.717) is 11.5 Å². The molecule has 2 aromatic rings. The summed E-state index contributed by atoms with van der Waals surface area (Å²) < 4.78 is 5.65. The van der Waals surface area contributed by atoms with Gasteiger partial charge in [-0.25, -0.2) is 5.43 Å². The van der Waals surface area contributed by atoms with Crippen molar-refractivity contribution in [3.8, 4) is 11.5 Å². The van der Waals surface area contributed by atoms with E-state index in [4.69, 9.17) is 4.74 Å². The number of carbonyl (C=O) groups is 1. The number of aryl methyl sites for hydroxylation is 2. The van der Waals surface area contributed by atoms with Gasteiger partial charge in [-0.1, -0.05) is 18.2 Å². The van der Waals surface area contributed by atoms with Crippen LogP contribution in [0.2, 0.25) is 0 Å². The van der Waals surface area contributed by atoms with Gasteiger partial charge in [0.15, 0.2) is 6.10 Å². The van der Waals surface area contributed by atoms with E-state index in [2.05, 4.69) is 10.5 Å². The topological polar surface area (TPSA) is 70.9 Å². The summed E-state index contributed by atoms with van der Waals surface area (Å²) in [5.41, 5.74) is 6.10. The van der Waals surface area contributed by atoms with Crippen LogP contribution in [0.25, 0.3) is 0 Å². The summed E-state index contributed by atoms with van der Waals surface area (Å²) in [4.78, 5) is 12.1. The molecule has 0 aliphatic rings. The molecule has 126 valence electrons. The molecule has 1 amide bonds. The maximum Gasteiger partial charge on any atom is 0.280 e. The number of rotatable bonds is 5. The molecule has 0 saturated heterocycles. The van der Waals surface area contributed by atoms with Crippen LogP contribution in [0, 0.1) is 13.8 Å². The number of phenolic OH excluding ortho intramolecular Hbond substituents is 1. The second-order valence-electron chi connectivity index (χ2n) is 5.73. The van der Waals surface area contributed by atoms with Crippen LogP contribution in [0.1, 0.15) is 30.5 Å². The van der Waals surface area contributed by atoms with Gasteiger partial charge in [0.2, 0.25) is 0 Å². The number of carbonyl (C=O) groups excluding carboxylic acids is 1. The summed E-state index contributed by atoms with van der Waals surface area (Å²) in [6.45, 7) is 7.44. The zero-order valence-corrected chi connectivity index (χ0v) is 14.3. The Morgan fingerprint density at radius 1 is 1.17 bits per heavy atom. The van der Waals surface area contributed by atoms with Crippen LogP contribution in [-0.2, 0) is 4.79 Å². The van der Waals surface area contributed by atoms with E-state index >= 15 is 0 Å². The molecule has 0 aliphatic heterocycles. The number of hydrogen-bond donors (Lipinski definition) is 2. The summed E-state index contributed by atoms with van der Waals surface area (Å²) in [6, 6.07) is 12.4. The zero-order valence-electron chi connectivity index (χ0n) is 14.3. The van der Waals surface area contributed by atoms with E-state index in [9.17, 15) is 9.90 Å². The van der Waals surface area contributed by atoms with Crippen molar-refractivity contribution in [3.05, 3.63) is 59.2 Å². The molecule has 5 heteroatoms. The van der Waals surface area contributed by atoms with E-state index in [1.54, 1.807) is 38.1 Å². The van der Waals surface area contributed by atoms with E-state index in [0.717, 1.165) is 11.1 Å². The molecule has 2 rings (SSSR count). The predicted molar refractivity (Wildman–Crippen MR) is 94.5 cm³/mol. The Morgan fingerprint density at radius 2 is 1.92 bits per heavy atom. The van der Waals surface area contributed by atoms with Crippen LogP contribution in [0.3, 0.4) is 0 Å². The van der Waals surface area contributed by atoms with Crippen molar-refractivity contribution >= 4 is 11.6 Å². The average Bonchev–Trinajstić information content (AvgIpc) is 2.55. The fourth-order valence-electron chi connectivity index (χ4n) is 2.07. The van der Waals surface area contributed by atoms with E-state index in [1.165, 1.54) is 5.56 Å². The summed E-state index contributed by atoms with van der Waals surface area (Å²) in [5.74, 6) is 0.460. The Hall–Kier alpha value is -2.82. The zero-order chi connectivity index (χ0) is 17.7. The van der Waals surface area contributed by atoms with Gasteiger partial charge in [-0.15, -0.1) is 0 Å². The largest absolute Gasteiger partial charge is 0.508 e. The van der Waals surface area contributed by atoms with Crippen molar-refractivity contribution in [3.63, 3.8) is 0 Å². The Kier molecular flexibility index (Phi) is 5.58. The molecule has 5 nitrogen and oxygen atoms in total. The first kappa shape index (κ1) is 17.5. The van der Waals surface area contributed by atoms with Gasteiger partial charge in [-0.2, -0.15) is 5.10 Å². The van der Waals surface area contributed by atoms with E-state index in [-0.39, 0.29) is 11.7 Å². The fraction of sp³-hybridized carbons (Fsp3) is 0.263. The first-order chi connectivity index (χ1) is 11.4. The minimum atomic E-state index is -0.673. The minimum Gasteiger partial charge on any atom is -0.508 e. The van der Waals surface area contributed by atoms with Crippen molar-refractivity contribution in [2.75, 3.05) is 0 Å². The normalized spacial score (nSPS) is 12.6. The van der Waals surface area contributed by atoms with E-state index < -0.39 is 6.10 Å². The highest BCUT2D eigenvalue weighted by atomic mass is 16.5. The lowest BCUT2D eigenvalue weighted by Crippen LogP contribution is -2.34. The average molecular weight is 326 g/mol. The first-order valence-electron chi connectivity index (χ1n) is 7.74. The third-order valence-corrected chi connectivity index (χ3v) is 3.76. The standard InChI is InChI=1S/C19H22N2O3/c1-12-8-9-18(10-13(12)2)24-15(4)19(23)21-20-14(3)16-6-5-7-17(22)11-16/h5-11,15,22H,1-4H3,(H,21,23)/b20-14-. The lowest BCUT2D eigenvalue weighted by Gasteiger charge is -2.14. The van der Waals surface area contributed by atoms with Gasteiger partial charge in [-0.3, -0.25) is 4.79 Å². The molecule has 2 N–H and O–H groups in total. The molecule has 0 spiro atoms. The minimum absolute atomic E-state index is 0.153. The molecule has 2 aromatic carbocycles. The molecule has 1 atom stereocenters. The van der Waals surface area contributed by atoms with Crippen LogP contribution in [0.15, 0.2) is 47.6 Å². The van der Waals surface area contributed by atoms with Gasteiger partial charge in [0, 0.05) is 5.56 Å². The summed E-state index contributed by atoms with van der Waals surface area (Å²) in [5, 5.41) is 13.5. The van der Waals surface area contributed by atoms with Crippen LogP contribution < -0.4 is 10.2 Å². The van der Waals surface area contributed by atoms with Gasteiger partial charge in [0.05, 0.1) is 5.71 Å². The molecule has 0 saturated carbocycles. The van der Waals surface area contributed by atoms with Crippen LogP contribution >= 0.6 is 0 Å². The first-order valence-corrected chi connectivity index (χ1v) is 7.74. The van der Waals surface area contributed by atoms with Gasteiger partial charge >= 0.3 is 0 Å². The van der Waals surface area contributed by atoms with E-state index in [1.807, 2.05) is 32.0 Å². The maximum atomic E-state index is 12.1. The van der Waals surface area contributed by atoms with Crippen molar-refractivity contribution in [1.82, 2.24) is 5.43 Å². The van der Waals surface area contributed by atoms with Crippen molar-refractivity contribution < 1.29 is 14.6 Å². The van der Waals surface area contributed by atoms with Gasteiger partial charge < -0.3 is 9.84 Å². The number of nitrogens with one attached hydrogen (secondary N) is 1. The number of hydrogen-bond acceptors (Lipinski definition) is 4. The lowest BCUT2D eigenvalue weighted by molar-refractivity contribution is -0.127. The van der Waals surface area contributed by atoms with Crippen LogP contribution in [-0.4, -0.2) is 22.8 Å². The Bertz CT molecular complexity index is 769. The number of phenols is 1. The number of hydrazone groups is 1. The Labute approximate surface area is 142 Å². The second kappa shape index (κ2) is 7.64. The molecule has 0 bridgehead atoms. The van der Waals surface area contributed by atoms with Gasteiger partial charge in [0.25, 0.3) is 5.91 Å². The number of amides is 1. The van der Waals surface area contributed by atoms with Crippen molar-refractivity contribution in [2.45, 2.75) is 33.8 Å².